The van der Waals surface area contributed by atoms with Crippen molar-refractivity contribution in [3.8, 4) is 6.07 Å². The van der Waals surface area contributed by atoms with Gasteiger partial charge in [-0.3, -0.25) is 0 Å². The molecule has 1 heterocycles. The maximum atomic E-state index is 9.09. The molecule has 0 atom stereocenters. The quantitative estimate of drug-likeness (QED) is 0.864. The van der Waals surface area contributed by atoms with Crippen LogP contribution < -0.4 is 5.32 Å². The highest BCUT2D eigenvalue weighted by Crippen LogP contribution is 2.19. The first kappa shape index (κ1) is 12.2. The topological polar surface area (TPSA) is 69.2 Å². The fourth-order valence-corrected chi connectivity index (χ4v) is 1.75. The number of nitrogens with zero attached hydrogens (tertiary/aromatic N) is 1. The van der Waals surface area contributed by atoms with Crippen molar-refractivity contribution in [3.05, 3.63) is 53.0 Å². The Morgan fingerprint density at radius 3 is 2.72 bits per heavy atom. The smallest absolute Gasteiger partial charge is 0.129 e. The largest absolute Gasteiger partial charge is 0.462 e. The summed E-state index contributed by atoms with van der Waals surface area (Å²) in [6.07, 6.45) is 0. The summed E-state index contributed by atoms with van der Waals surface area (Å²) in [5.74, 6) is 1.26. The van der Waals surface area contributed by atoms with Gasteiger partial charge in [-0.1, -0.05) is 12.1 Å². The van der Waals surface area contributed by atoms with Crippen LogP contribution in [0.5, 0.6) is 0 Å². The molecule has 0 aliphatic heterocycles. The van der Waals surface area contributed by atoms with Crippen LogP contribution in [0.25, 0.3) is 0 Å². The lowest BCUT2D eigenvalue weighted by Crippen LogP contribution is -2.01. The highest BCUT2D eigenvalue weighted by atomic mass is 16.4. The Hall–Kier alpha value is -2.25. The molecular weight excluding hydrogens is 228 g/mol. The van der Waals surface area contributed by atoms with Crippen molar-refractivity contribution in [2.45, 2.75) is 20.1 Å². The van der Waals surface area contributed by atoms with Crippen LogP contribution in [0, 0.1) is 18.3 Å². The van der Waals surface area contributed by atoms with E-state index in [1.807, 2.05) is 25.1 Å². The van der Waals surface area contributed by atoms with Gasteiger partial charge in [0, 0.05) is 0 Å². The van der Waals surface area contributed by atoms with Crippen LogP contribution in [0.4, 0.5) is 5.69 Å². The average molecular weight is 242 g/mol. The minimum absolute atomic E-state index is 0.103. The number of rotatable bonds is 4. The molecule has 18 heavy (non-hydrogen) atoms. The van der Waals surface area contributed by atoms with Gasteiger partial charge in [-0.05, 0) is 30.7 Å². The predicted octanol–water partition coefficient (Wildman–Crippen LogP) is 2.56. The Morgan fingerprint density at radius 1 is 1.28 bits per heavy atom. The summed E-state index contributed by atoms with van der Waals surface area (Å²) in [5, 5.41) is 21.2. The molecule has 0 spiro atoms. The number of anilines is 1. The minimum atomic E-state index is -0.103. The van der Waals surface area contributed by atoms with Crippen LogP contribution in [0.3, 0.4) is 0 Å². The van der Waals surface area contributed by atoms with Crippen molar-refractivity contribution in [2.24, 2.45) is 0 Å². The predicted molar refractivity (Wildman–Crippen MR) is 67.9 cm³/mol. The van der Waals surface area contributed by atoms with Crippen LogP contribution in [0.2, 0.25) is 0 Å². The number of benzene rings is 1. The van der Waals surface area contributed by atoms with Gasteiger partial charge in [0.05, 0.1) is 17.8 Å². The van der Waals surface area contributed by atoms with Gasteiger partial charge in [0.25, 0.3) is 0 Å². The number of nitriles is 1. The van der Waals surface area contributed by atoms with E-state index in [1.54, 1.807) is 12.1 Å². The van der Waals surface area contributed by atoms with Gasteiger partial charge >= 0.3 is 0 Å². The zero-order valence-corrected chi connectivity index (χ0v) is 10.1. The van der Waals surface area contributed by atoms with E-state index in [0.29, 0.717) is 17.9 Å². The molecular formula is C14H14N2O2. The minimum Gasteiger partial charge on any atom is -0.462 e. The van der Waals surface area contributed by atoms with E-state index < -0.39 is 0 Å². The molecule has 0 aliphatic rings. The Kier molecular flexibility index (Phi) is 3.66. The van der Waals surface area contributed by atoms with Gasteiger partial charge in [-0.2, -0.15) is 5.26 Å². The number of aliphatic hydroxyl groups excluding tert-OH is 1. The molecule has 2 rings (SSSR count). The van der Waals surface area contributed by atoms with Crippen molar-refractivity contribution in [1.82, 2.24) is 0 Å². The SMILES string of the molecule is Cc1cccc(NCc2ccc(CO)o2)c1C#N. The highest BCUT2D eigenvalue weighted by Gasteiger charge is 2.06. The van der Waals surface area contributed by atoms with E-state index in [9.17, 15) is 0 Å². The molecule has 0 bridgehead atoms. The van der Waals surface area contributed by atoms with E-state index >= 15 is 0 Å². The standard InChI is InChI=1S/C14H14N2O2/c1-10-3-2-4-14(13(10)7-15)16-8-11-5-6-12(9-17)18-11/h2-6,16-17H,8-9H2,1H3. The summed E-state index contributed by atoms with van der Waals surface area (Å²) in [4.78, 5) is 0. The third-order valence-electron chi connectivity index (χ3n) is 2.71. The maximum absolute atomic E-state index is 9.09. The first-order valence-electron chi connectivity index (χ1n) is 5.66. The van der Waals surface area contributed by atoms with Gasteiger partial charge in [0.2, 0.25) is 0 Å². The van der Waals surface area contributed by atoms with E-state index in [1.165, 1.54) is 0 Å². The fourth-order valence-electron chi connectivity index (χ4n) is 1.75. The summed E-state index contributed by atoms with van der Waals surface area (Å²) in [6.45, 7) is 2.28. The summed E-state index contributed by atoms with van der Waals surface area (Å²) in [6, 6.07) is 11.4. The van der Waals surface area contributed by atoms with Crippen molar-refractivity contribution >= 4 is 5.69 Å². The van der Waals surface area contributed by atoms with Gasteiger partial charge < -0.3 is 14.8 Å². The average Bonchev–Trinajstić information content (AvgIpc) is 2.84. The monoisotopic (exact) mass is 242 g/mol. The lowest BCUT2D eigenvalue weighted by Gasteiger charge is -2.08. The second-order valence-electron chi connectivity index (χ2n) is 3.99. The van der Waals surface area contributed by atoms with Gasteiger partial charge in [-0.25, -0.2) is 0 Å². The number of hydrogen-bond donors (Lipinski definition) is 2. The molecule has 92 valence electrons. The third-order valence-corrected chi connectivity index (χ3v) is 2.71. The zero-order chi connectivity index (χ0) is 13.0. The summed E-state index contributed by atoms with van der Waals surface area (Å²) in [5.41, 5.74) is 2.38. The van der Waals surface area contributed by atoms with Gasteiger partial charge in [-0.15, -0.1) is 0 Å². The molecule has 0 saturated heterocycles. The summed E-state index contributed by atoms with van der Waals surface area (Å²) >= 11 is 0. The lowest BCUT2D eigenvalue weighted by atomic mass is 10.1. The second-order valence-corrected chi connectivity index (χ2v) is 3.99. The van der Waals surface area contributed by atoms with Crippen molar-refractivity contribution in [3.63, 3.8) is 0 Å². The molecule has 1 aromatic heterocycles. The van der Waals surface area contributed by atoms with Crippen molar-refractivity contribution < 1.29 is 9.52 Å². The number of furan rings is 1. The van der Waals surface area contributed by atoms with E-state index in [-0.39, 0.29) is 6.61 Å². The normalized spacial score (nSPS) is 10.1. The van der Waals surface area contributed by atoms with E-state index in [4.69, 9.17) is 14.8 Å². The van der Waals surface area contributed by atoms with Crippen LogP contribution in [-0.2, 0) is 13.2 Å². The molecule has 2 aromatic rings. The first-order chi connectivity index (χ1) is 8.74. The van der Waals surface area contributed by atoms with Gasteiger partial charge in [0.1, 0.15) is 24.2 Å². The number of hydrogen-bond acceptors (Lipinski definition) is 4. The van der Waals surface area contributed by atoms with Gasteiger partial charge in [0.15, 0.2) is 0 Å². The third kappa shape index (κ3) is 2.53. The molecule has 1 aromatic carbocycles. The number of aliphatic hydroxyl groups is 1. The van der Waals surface area contributed by atoms with Crippen LogP contribution in [0.1, 0.15) is 22.6 Å². The highest BCUT2D eigenvalue weighted by molar-refractivity contribution is 5.60. The molecule has 0 aliphatic carbocycles. The maximum Gasteiger partial charge on any atom is 0.129 e. The summed E-state index contributed by atoms with van der Waals surface area (Å²) < 4.78 is 5.36. The molecule has 0 saturated carbocycles. The van der Waals surface area contributed by atoms with Crippen LogP contribution in [-0.4, -0.2) is 5.11 Å². The Balaban J connectivity index is 2.11. The van der Waals surface area contributed by atoms with Crippen LogP contribution >= 0.6 is 0 Å². The van der Waals surface area contributed by atoms with E-state index in [0.717, 1.165) is 17.0 Å². The fraction of sp³-hybridized carbons (Fsp3) is 0.214. The van der Waals surface area contributed by atoms with Crippen LogP contribution in [0.15, 0.2) is 34.7 Å². The molecule has 4 nitrogen and oxygen atoms in total. The molecule has 0 amide bonds. The molecule has 0 fully saturated rings. The van der Waals surface area contributed by atoms with Crippen molar-refractivity contribution in [2.75, 3.05) is 5.32 Å². The lowest BCUT2D eigenvalue weighted by molar-refractivity contribution is 0.244. The van der Waals surface area contributed by atoms with Crippen molar-refractivity contribution in [1.29, 1.82) is 5.26 Å². The first-order valence-corrected chi connectivity index (χ1v) is 5.66. The Labute approximate surface area is 105 Å². The van der Waals surface area contributed by atoms with E-state index in [2.05, 4.69) is 11.4 Å². The molecule has 0 unspecified atom stereocenters. The Bertz CT molecular complexity index is 582. The second kappa shape index (κ2) is 5.39. The summed E-state index contributed by atoms with van der Waals surface area (Å²) in [7, 11) is 0. The molecule has 0 radical (unpaired) electrons. The molecule has 2 N–H and O–H groups in total. The number of aryl methyl sites for hydroxylation is 1. The molecule has 4 heteroatoms. The number of nitrogens with one attached hydrogen (secondary N) is 1. The zero-order valence-electron chi connectivity index (χ0n) is 10.1. The Morgan fingerprint density at radius 2 is 2.06 bits per heavy atom.